The van der Waals surface area contributed by atoms with Gasteiger partial charge in [0.05, 0.1) is 10.2 Å². The van der Waals surface area contributed by atoms with E-state index in [4.69, 9.17) is 9.40 Å². The van der Waals surface area contributed by atoms with Crippen molar-refractivity contribution >= 4 is 43.6 Å². The van der Waals surface area contributed by atoms with Gasteiger partial charge in [-0.1, -0.05) is 41.7 Å². The van der Waals surface area contributed by atoms with Crippen molar-refractivity contribution in [3.8, 4) is 0 Å². The molecule has 6 heteroatoms. The second-order valence-corrected chi connectivity index (χ2v) is 7.84. The van der Waals surface area contributed by atoms with E-state index < -0.39 is 0 Å². The van der Waals surface area contributed by atoms with E-state index in [-0.39, 0.29) is 5.91 Å². The molecule has 0 aliphatic rings. The molecule has 0 aliphatic carbocycles. The summed E-state index contributed by atoms with van der Waals surface area (Å²) in [5.41, 5.74) is 2.78. The summed E-state index contributed by atoms with van der Waals surface area (Å²) in [5, 5.41) is 1.63. The standard InChI is InChI=1S/C21H21N3O2S/c1-14-7-6-10-18-19(14)22-21(27-18)24(12-11-23(2)3)20(25)17-13-15-8-4-5-9-16(15)26-17/h4-10,13H,11-12H2,1-3H3. The van der Waals surface area contributed by atoms with Gasteiger partial charge in [-0.15, -0.1) is 0 Å². The van der Waals surface area contributed by atoms with Gasteiger partial charge in [0.15, 0.2) is 10.9 Å². The molecule has 1 amide bonds. The van der Waals surface area contributed by atoms with Crippen molar-refractivity contribution in [1.82, 2.24) is 9.88 Å². The van der Waals surface area contributed by atoms with Crippen molar-refractivity contribution < 1.29 is 9.21 Å². The lowest BCUT2D eigenvalue weighted by atomic mass is 10.2. The summed E-state index contributed by atoms with van der Waals surface area (Å²) in [7, 11) is 3.98. The van der Waals surface area contributed by atoms with E-state index >= 15 is 0 Å². The fourth-order valence-electron chi connectivity index (χ4n) is 2.99. The summed E-state index contributed by atoms with van der Waals surface area (Å²) >= 11 is 1.53. The Morgan fingerprint density at radius 2 is 1.93 bits per heavy atom. The predicted octanol–water partition coefficient (Wildman–Crippen LogP) is 4.56. The van der Waals surface area contributed by atoms with Gasteiger partial charge in [-0.2, -0.15) is 0 Å². The van der Waals surface area contributed by atoms with Crippen molar-refractivity contribution in [3.63, 3.8) is 0 Å². The maximum absolute atomic E-state index is 13.3. The van der Waals surface area contributed by atoms with Crippen LogP contribution in [0, 0.1) is 6.92 Å². The Bertz CT molecular complexity index is 1080. The second kappa shape index (κ2) is 7.13. The first-order chi connectivity index (χ1) is 13.0. The summed E-state index contributed by atoms with van der Waals surface area (Å²) in [6, 6.07) is 15.6. The molecule has 4 rings (SSSR count). The fourth-order valence-corrected chi connectivity index (χ4v) is 4.06. The van der Waals surface area contributed by atoms with Crippen LogP contribution in [0.4, 0.5) is 5.13 Å². The van der Waals surface area contributed by atoms with Gasteiger partial charge >= 0.3 is 0 Å². The molecule has 2 aromatic heterocycles. The first-order valence-electron chi connectivity index (χ1n) is 8.84. The van der Waals surface area contributed by atoms with Gasteiger partial charge in [-0.3, -0.25) is 9.69 Å². The molecule has 0 aliphatic heterocycles. The van der Waals surface area contributed by atoms with Crippen LogP contribution in [0.25, 0.3) is 21.2 Å². The highest BCUT2D eigenvalue weighted by Crippen LogP contribution is 2.32. The lowest BCUT2D eigenvalue weighted by molar-refractivity contribution is 0.0960. The summed E-state index contributed by atoms with van der Waals surface area (Å²) < 4.78 is 6.89. The molecule has 2 aromatic carbocycles. The summed E-state index contributed by atoms with van der Waals surface area (Å²) in [6.07, 6.45) is 0. The Morgan fingerprint density at radius 3 is 2.67 bits per heavy atom. The Labute approximate surface area is 161 Å². The van der Waals surface area contributed by atoms with E-state index in [9.17, 15) is 4.79 Å². The van der Waals surface area contributed by atoms with Crippen LogP contribution in [0.2, 0.25) is 0 Å². The largest absolute Gasteiger partial charge is 0.451 e. The number of rotatable bonds is 5. The van der Waals surface area contributed by atoms with E-state index in [2.05, 4.69) is 4.90 Å². The maximum atomic E-state index is 13.3. The third-order valence-electron chi connectivity index (χ3n) is 4.49. The molecule has 0 bridgehead atoms. The number of thiazole rings is 1. The van der Waals surface area contributed by atoms with E-state index in [0.29, 0.717) is 23.0 Å². The number of aryl methyl sites for hydroxylation is 1. The van der Waals surface area contributed by atoms with Crippen LogP contribution in [-0.2, 0) is 0 Å². The van der Waals surface area contributed by atoms with Crippen molar-refractivity contribution in [2.75, 3.05) is 32.1 Å². The Balaban J connectivity index is 1.74. The van der Waals surface area contributed by atoms with Crippen molar-refractivity contribution in [1.29, 1.82) is 0 Å². The number of fused-ring (bicyclic) bond motifs is 2. The number of para-hydroxylation sites is 2. The zero-order chi connectivity index (χ0) is 19.0. The first-order valence-corrected chi connectivity index (χ1v) is 9.66. The molecule has 0 radical (unpaired) electrons. The predicted molar refractivity (Wildman–Crippen MR) is 111 cm³/mol. The zero-order valence-electron chi connectivity index (χ0n) is 15.6. The van der Waals surface area contributed by atoms with Gasteiger partial charge < -0.3 is 9.32 Å². The average molecular weight is 379 g/mol. The highest BCUT2D eigenvalue weighted by molar-refractivity contribution is 7.22. The second-order valence-electron chi connectivity index (χ2n) is 6.83. The number of anilines is 1. The Kier molecular flexibility index (Phi) is 4.68. The molecule has 0 atom stereocenters. The van der Waals surface area contributed by atoms with Crippen LogP contribution in [0.15, 0.2) is 52.9 Å². The number of carbonyl (C=O) groups is 1. The number of benzene rings is 2. The average Bonchev–Trinajstić information content (AvgIpc) is 3.26. The van der Waals surface area contributed by atoms with Gasteiger partial charge in [0, 0.05) is 18.5 Å². The summed E-state index contributed by atoms with van der Waals surface area (Å²) in [4.78, 5) is 21.8. The normalized spacial score (nSPS) is 11.6. The molecule has 0 unspecified atom stereocenters. The zero-order valence-corrected chi connectivity index (χ0v) is 16.4. The van der Waals surface area contributed by atoms with Crippen LogP contribution in [-0.4, -0.2) is 43.0 Å². The van der Waals surface area contributed by atoms with Crippen molar-refractivity contribution in [2.24, 2.45) is 0 Å². The first kappa shape index (κ1) is 17.7. The number of furan rings is 1. The van der Waals surface area contributed by atoms with Crippen molar-refractivity contribution in [2.45, 2.75) is 6.92 Å². The fraction of sp³-hybridized carbons (Fsp3) is 0.238. The molecular weight excluding hydrogens is 358 g/mol. The molecule has 0 saturated heterocycles. The quantitative estimate of drug-likeness (QED) is 0.510. The van der Waals surface area contributed by atoms with Crippen LogP contribution >= 0.6 is 11.3 Å². The highest BCUT2D eigenvalue weighted by Gasteiger charge is 2.24. The SMILES string of the molecule is Cc1cccc2sc(N(CCN(C)C)C(=O)c3cc4ccccc4o3)nc12. The van der Waals surface area contributed by atoms with E-state index in [0.717, 1.165) is 27.7 Å². The summed E-state index contributed by atoms with van der Waals surface area (Å²) in [5.74, 6) is 0.177. The molecule has 5 nitrogen and oxygen atoms in total. The molecule has 2 heterocycles. The van der Waals surface area contributed by atoms with Gasteiger partial charge in [0.1, 0.15) is 5.58 Å². The Hall–Kier alpha value is -2.70. The molecule has 0 fully saturated rings. The van der Waals surface area contributed by atoms with Gasteiger partial charge in [0.25, 0.3) is 5.91 Å². The smallest absolute Gasteiger partial charge is 0.295 e. The number of hydrogen-bond acceptors (Lipinski definition) is 5. The van der Waals surface area contributed by atoms with Crippen LogP contribution in [0.1, 0.15) is 16.1 Å². The lowest BCUT2D eigenvalue weighted by Gasteiger charge is -2.20. The summed E-state index contributed by atoms with van der Waals surface area (Å²) in [6.45, 7) is 3.32. The number of aromatic nitrogens is 1. The third kappa shape index (κ3) is 3.46. The van der Waals surface area contributed by atoms with Crippen molar-refractivity contribution in [3.05, 3.63) is 59.9 Å². The van der Waals surface area contributed by atoms with Gasteiger partial charge in [0.2, 0.25) is 0 Å². The minimum atomic E-state index is -0.162. The van der Waals surface area contributed by atoms with E-state index in [1.807, 2.05) is 63.5 Å². The molecule has 138 valence electrons. The van der Waals surface area contributed by atoms with Crippen LogP contribution in [0.3, 0.4) is 0 Å². The highest BCUT2D eigenvalue weighted by atomic mass is 32.1. The third-order valence-corrected chi connectivity index (χ3v) is 5.54. The number of hydrogen-bond donors (Lipinski definition) is 0. The van der Waals surface area contributed by atoms with E-state index in [1.54, 1.807) is 11.0 Å². The molecule has 0 saturated carbocycles. The number of likely N-dealkylation sites (N-methyl/N-ethyl adjacent to an activating group) is 1. The lowest BCUT2D eigenvalue weighted by Crippen LogP contribution is -2.36. The molecule has 27 heavy (non-hydrogen) atoms. The monoisotopic (exact) mass is 379 g/mol. The molecular formula is C21H21N3O2S. The van der Waals surface area contributed by atoms with Crippen LogP contribution in [0.5, 0.6) is 0 Å². The Morgan fingerprint density at radius 1 is 1.11 bits per heavy atom. The molecule has 0 N–H and O–H groups in total. The van der Waals surface area contributed by atoms with E-state index in [1.165, 1.54) is 11.3 Å². The number of nitrogens with zero attached hydrogens (tertiary/aromatic N) is 3. The number of amides is 1. The van der Waals surface area contributed by atoms with Gasteiger partial charge in [-0.25, -0.2) is 4.98 Å². The van der Waals surface area contributed by atoms with Crippen LogP contribution < -0.4 is 4.90 Å². The number of carbonyl (C=O) groups excluding carboxylic acids is 1. The minimum absolute atomic E-state index is 0.162. The molecule has 0 spiro atoms. The topological polar surface area (TPSA) is 49.6 Å². The molecule has 4 aromatic rings. The van der Waals surface area contributed by atoms with Gasteiger partial charge in [-0.05, 0) is 44.8 Å². The minimum Gasteiger partial charge on any atom is -0.451 e. The maximum Gasteiger partial charge on any atom is 0.295 e.